The van der Waals surface area contributed by atoms with Gasteiger partial charge in [-0.1, -0.05) is 10.4 Å². The summed E-state index contributed by atoms with van der Waals surface area (Å²) in [4.78, 5) is 2.71. The molecule has 0 radical (unpaired) electrons. The normalized spacial score (nSPS) is 32.6. The van der Waals surface area contributed by atoms with Crippen molar-refractivity contribution in [2.24, 2.45) is 0 Å². The molecule has 1 fully saturated rings. The molecule has 0 aromatic carbocycles. The minimum Gasteiger partial charge on any atom is -0.315 e. The highest BCUT2D eigenvalue weighted by Gasteiger charge is 2.61. The fourth-order valence-corrected chi connectivity index (χ4v) is 3.84. The molecule has 0 aliphatic carbocycles. The van der Waals surface area contributed by atoms with Gasteiger partial charge in [-0.05, 0) is 32.1 Å². The number of hydrogen-bond donors (Lipinski definition) is 0. The molecule has 0 spiro atoms. The van der Waals surface area contributed by atoms with Crippen LogP contribution < -0.4 is 0 Å². The van der Waals surface area contributed by atoms with Gasteiger partial charge in [0.2, 0.25) is 0 Å². The highest BCUT2D eigenvalue weighted by Crippen LogP contribution is 2.60. The van der Waals surface area contributed by atoms with Gasteiger partial charge in [0.05, 0.1) is 31.4 Å². The van der Waals surface area contributed by atoms with Gasteiger partial charge in [0.15, 0.2) is 0 Å². The maximum absolute atomic E-state index is 2.71. The van der Waals surface area contributed by atoms with Gasteiger partial charge in [-0.2, -0.15) is 0 Å². The van der Waals surface area contributed by atoms with E-state index in [0.29, 0.717) is 16.4 Å². The molecule has 82 valence electrons. The summed E-state index contributed by atoms with van der Waals surface area (Å²) in [7, 11) is 16.9. The molecule has 1 rings (SSSR count). The van der Waals surface area contributed by atoms with Crippen molar-refractivity contribution in [3.8, 4) is 0 Å². The summed E-state index contributed by atoms with van der Waals surface area (Å²) in [6.07, 6.45) is 0. The van der Waals surface area contributed by atoms with Gasteiger partial charge in [0, 0.05) is 5.54 Å². The van der Waals surface area contributed by atoms with Crippen LogP contribution in [0.4, 0.5) is 0 Å². The molecule has 1 unspecified atom stereocenters. The van der Waals surface area contributed by atoms with Crippen LogP contribution in [0, 0.1) is 0 Å². The molecule has 16 heavy (non-hydrogen) atoms. The summed E-state index contributed by atoms with van der Waals surface area (Å²) < 4.78 is 0. The van der Waals surface area contributed by atoms with Crippen LogP contribution in [0.15, 0.2) is 0 Å². The average Bonchev–Trinajstić information content (AvgIpc) is 2.06. The van der Waals surface area contributed by atoms with Gasteiger partial charge in [0.25, 0.3) is 0 Å². The Kier molecular flexibility index (Phi) is 3.13. The van der Waals surface area contributed by atoms with Gasteiger partial charge in [0.1, 0.15) is 23.5 Å². The maximum atomic E-state index is 2.71. The lowest BCUT2D eigenvalue weighted by molar-refractivity contribution is 0.119. The minimum absolute atomic E-state index is 0.230. The smallest absolute Gasteiger partial charge is 0.122 e. The zero-order valence-corrected chi connectivity index (χ0v) is 13.0. The number of hydrogen-bond acceptors (Lipinski definition) is 1. The van der Waals surface area contributed by atoms with E-state index in [1.54, 1.807) is 0 Å². The first-order valence-electron chi connectivity index (χ1n) is 6.57. The van der Waals surface area contributed by atoms with Crippen LogP contribution in [0.1, 0.15) is 20.8 Å². The van der Waals surface area contributed by atoms with Crippen molar-refractivity contribution < 1.29 is 0 Å². The van der Waals surface area contributed by atoms with E-state index >= 15 is 0 Å². The molecule has 8 heteroatoms. The fraction of sp³-hybridized carbons (Fsp3) is 1.00. The van der Waals surface area contributed by atoms with Crippen molar-refractivity contribution in [2.45, 2.75) is 48.0 Å². The monoisotopic (exact) mass is 211 g/mol. The number of nitrogens with zero attached hydrogens (tertiary/aromatic N) is 1. The summed E-state index contributed by atoms with van der Waals surface area (Å²) in [6, 6.07) is 0. The molecular weight excluding hydrogens is 186 g/mol. The minimum atomic E-state index is 0.230. The predicted molar refractivity (Wildman–Crippen MR) is 93.3 cm³/mol. The first-order chi connectivity index (χ1) is 6.78. The van der Waals surface area contributed by atoms with E-state index < -0.39 is 0 Å². The van der Waals surface area contributed by atoms with Crippen molar-refractivity contribution in [2.75, 3.05) is 0 Å². The van der Waals surface area contributed by atoms with E-state index in [-0.39, 0.29) is 10.9 Å². The van der Waals surface area contributed by atoms with Crippen molar-refractivity contribution in [3.05, 3.63) is 0 Å². The topological polar surface area (TPSA) is 3.24 Å². The van der Waals surface area contributed by atoms with Crippen LogP contribution in [0.2, 0.25) is 10.4 Å². The molecule has 1 heterocycles. The van der Waals surface area contributed by atoms with Crippen molar-refractivity contribution in [1.29, 1.82) is 0 Å². The van der Waals surface area contributed by atoms with Gasteiger partial charge in [-0.3, -0.25) is 0 Å². The Morgan fingerprint density at radius 2 is 1.31 bits per heavy atom. The van der Waals surface area contributed by atoms with Gasteiger partial charge in [-0.15, -0.1) is 0 Å². The third-order valence-corrected chi connectivity index (χ3v) is 5.90. The summed E-state index contributed by atoms with van der Waals surface area (Å²) in [5, 5.41) is 0.880. The summed E-state index contributed by atoms with van der Waals surface area (Å²) in [5.41, 5.74) is 0.230. The van der Waals surface area contributed by atoms with Crippen LogP contribution in [0.25, 0.3) is 0 Å². The lowest BCUT2D eigenvalue weighted by atomic mass is 9.21. The van der Waals surface area contributed by atoms with Gasteiger partial charge < -0.3 is 4.90 Å². The van der Waals surface area contributed by atoms with Crippen LogP contribution in [0.3, 0.4) is 0 Å². The van der Waals surface area contributed by atoms with Crippen molar-refractivity contribution in [1.82, 2.24) is 4.90 Å². The first-order valence-corrected chi connectivity index (χ1v) is 6.57. The van der Waals surface area contributed by atoms with E-state index in [9.17, 15) is 0 Å². The molecule has 1 aliphatic rings. The first kappa shape index (κ1) is 14.5. The van der Waals surface area contributed by atoms with E-state index in [4.69, 9.17) is 0 Å². The second-order valence-electron chi connectivity index (χ2n) is 8.12. The molecule has 0 aromatic rings. The second kappa shape index (κ2) is 3.46. The third-order valence-electron chi connectivity index (χ3n) is 5.90. The molecule has 0 bridgehead atoms. The highest BCUT2D eigenvalue weighted by molar-refractivity contribution is 6.64. The van der Waals surface area contributed by atoms with Gasteiger partial charge >= 0.3 is 0 Å². The molecular formula is C8H24B7N. The van der Waals surface area contributed by atoms with E-state index in [1.807, 2.05) is 0 Å². The van der Waals surface area contributed by atoms with Crippen LogP contribution in [-0.2, 0) is 0 Å². The Bertz CT molecular complexity index is 293. The average molecular weight is 210 g/mol. The Labute approximate surface area is 108 Å². The van der Waals surface area contributed by atoms with Crippen LogP contribution in [-0.4, -0.2) is 76.6 Å². The second-order valence-corrected chi connectivity index (χ2v) is 8.12. The highest BCUT2D eigenvalue weighted by atomic mass is 15.3. The number of rotatable bonds is 0. The standard InChI is InChI=1S/C8H24B7N/c1-5(2,3)16-4(9)6(10,11)7(12,13)8(16,14)15/h4H,9-15H2,1-3H3. The summed E-state index contributed by atoms with van der Waals surface area (Å²) in [6.45, 7) is 7.01. The SMILES string of the molecule is BC1N(C(C)(C)C)C(B)(B)C(B)(B)C1(B)B. The Morgan fingerprint density at radius 1 is 0.938 bits per heavy atom. The predicted octanol–water partition coefficient (Wildman–Crippen LogP) is -5.26. The quantitative estimate of drug-likeness (QED) is 0.361. The maximum Gasteiger partial charge on any atom is 0.122 e. The molecule has 1 atom stereocenters. The third kappa shape index (κ3) is 1.59. The van der Waals surface area contributed by atoms with E-state index in [1.165, 1.54) is 0 Å². The lowest BCUT2D eigenvalue weighted by Crippen LogP contribution is -2.61. The zero-order valence-electron chi connectivity index (χ0n) is 13.0. The Balaban J connectivity index is 3.36. The fourth-order valence-electron chi connectivity index (χ4n) is 3.84. The Hall–Kier alpha value is 0.415. The summed E-state index contributed by atoms with van der Waals surface area (Å²) in [5.74, 6) is 0.609. The molecule has 0 amide bonds. The lowest BCUT2D eigenvalue weighted by Gasteiger charge is -2.50. The molecule has 1 aliphatic heterocycles. The van der Waals surface area contributed by atoms with Gasteiger partial charge in [-0.25, -0.2) is 0 Å². The van der Waals surface area contributed by atoms with Crippen molar-refractivity contribution in [3.63, 3.8) is 0 Å². The van der Waals surface area contributed by atoms with Crippen molar-refractivity contribution >= 4 is 54.9 Å². The molecule has 1 nitrogen and oxygen atoms in total. The molecule has 1 saturated heterocycles. The largest absolute Gasteiger partial charge is 0.315 e. The van der Waals surface area contributed by atoms with Crippen LogP contribution >= 0.6 is 0 Å². The summed E-state index contributed by atoms with van der Waals surface area (Å²) >= 11 is 0. The van der Waals surface area contributed by atoms with E-state index in [2.05, 4.69) is 80.6 Å². The molecule has 0 saturated carbocycles. The zero-order chi connectivity index (χ0) is 13.2. The molecule has 0 aromatic heterocycles. The molecule has 0 N–H and O–H groups in total. The Morgan fingerprint density at radius 3 is 1.44 bits per heavy atom. The number of likely N-dealkylation sites (tertiary alicyclic amines) is 1. The van der Waals surface area contributed by atoms with Crippen LogP contribution in [0.5, 0.6) is 0 Å². The van der Waals surface area contributed by atoms with E-state index in [0.717, 1.165) is 0 Å².